The zero-order valence-corrected chi connectivity index (χ0v) is 15.5. The average Bonchev–Trinajstić information content (AvgIpc) is 3.30. The molecular weight excluding hydrogens is 350 g/mol. The fraction of sp³-hybridized carbons (Fsp3) is 0.333. The molecule has 26 heavy (non-hydrogen) atoms. The highest BCUT2D eigenvalue weighted by Gasteiger charge is 2.16. The van der Waals surface area contributed by atoms with Crippen molar-refractivity contribution in [1.29, 1.82) is 0 Å². The third-order valence-corrected chi connectivity index (χ3v) is 4.72. The molecule has 1 aromatic carbocycles. The summed E-state index contributed by atoms with van der Waals surface area (Å²) >= 11 is 1.45. The number of hydrogen-bond acceptors (Lipinski definition) is 6. The van der Waals surface area contributed by atoms with E-state index in [4.69, 9.17) is 4.52 Å². The summed E-state index contributed by atoms with van der Waals surface area (Å²) in [6.07, 6.45) is 2.55. The predicted molar refractivity (Wildman–Crippen MR) is 100 cm³/mol. The number of imidazole rings is 1. The van der Waals surface area contributed by atoms with Gasteiger partial charge in [-0.05, 0) is 12.0 Å². The van der Waals surface area contributed by atoms with E-state index in [0.717, 1.165) is 23.5 Å². The highest BCUT2D eigenvalue weighted by Crippen LogP contribution is 2.20. The number of amides is 1. The maximum absolute atomic E-state index is 12.2. The Bertz CT molecular complexity index is 846. The fourth-order valence-electron chi connectivity index (χ4n) is 2.51. The number of H-pyrrole nitrogens is 1. The molecule has 0 saturated carbocycles. The Morgan fingerprint density at radius 1 is 1.35 bits per heavy atom. The van der Waals surface area contributed by atoms with E-state index in [1.807, 2.05) is 37.3 Å². The van der Waals surface area contributed by atoms with Crippen molar-refractivity contribution in [2.75, 3.05) is 5.75 Å². The minimum atomic E-state index is -0.145. The molecular formula is C18H21N5O2S. The summed E-state index contributed by atoms with van der Waals surface area (Å²) < 4.78 is 4.91. The molecule has 0 aliphatic heterocycles. The summed E-state index contributed by atoms with van der Waals surface area (Å²) in [5, 5.41) is 6.84. The molecule has 0 radical (unpaired) electrons. The first-order valence-electron chi connectivity index (χ1n) is 8.42. The van der Waals surface area contributed by atoms with Gasteiger partial charge in [0.1, 0.15) is 5.82 Å². The van der Waals surface area contributed by atoms with Crippen molar-refractivity contribution >= 4 is 17.7 Å². The molecule has 0 fully saturated rings. The van der Waals surface area contributed by atoms with Crippen LogP contribution in [0.15, 0.2) is 41.1 Å². The van der Waals surface area contributed by atoms with Crippen molar-refractivity contribution in [2.45, 2.75) is 32.1 Å². The van der Waals surface area contributed by atoms with Crippen molar-refractivity contribution in [3.63, 3.8) is 0 Å². The molecule has 1 unspecified atom stereocenters. The quantitative estimate of drug-likeness (QED) is 0.631. The van der Waals surface area contributed by atoms with Crippen molar-refractivity contribution < 1.29 is 9.32 Å². The van der Waals surface area contributed by atoms with Gasteiger partial charge < -0.3 is 14.8 Å². The first kappa shape index (κ1) is 18.2. The number of carbonyl (C=O) groups is 1. The minimum Gasteiger partial charge on any atom is -0.345 e. The van der Waals surface area contributed by atoms with Gasteiger partial charge in [0, 0.05) is 6.92 Å². The Hall–Kier alpha value is -2.61. The Kier molecular flexibility index (Phi) is 6.06. The van der Waals surface area contributed by atoms with E-state index in [-0.39, 0.29) is 11.9 Å². The van der Waals surface area contributed by atoms with Crippen molar-refractivity contribution in [3.05, 3.63) is 54.1 Å². The third kappa shape index (κ3) is 4.72. The van der Waals surface area contributed by atoms with Crippen molar-refractivity contribution in [2.24, 2.45) is 0 Å². The van der Waals surface area contributed by atoms with Gasteiger partial charge >= 0.3 is 0 Å². The van der Waals surface area contributed by atoms with E-state index < -0.39 is 0 Å². The van der Waals surface area contributed by atoms with Crippen LogP contribution in [0.2, 0.25) is 0 Å². The molecule has 0 spiro atoms. The van der Waals surface area contributed by atoms with E-state index in [1.165, 1.54) is 11.8 Å². The molecule has 3 rings (SSSR count). The van der Waals surface area contributed by atoms with Crippen LogP contribution in [-0.2, 0) is 10.5 Å². The lowest BCUT2D eigenvalue weighted by atomic mass is 10.2. The van der Waals surface area contributed by atoms with E-state index >= 15 is 0 Å². The predicted octanol–water partition coefficient (Wildman–Crippen LogP) is 3.27. The second-order valence-corrected chi connectivity index (χ2v) is 6.78. The monoisotopic (exact) mass is 371 g/mol. The van der Waals surface area contributed by atoms with E-state index in [9.17, 15) is 4.79 Å². The average molecular weight is 371 g/mol. The molecule has 0 aliphatic rings. The summed E-state index contributed by atoms with van der Waals surface area (Å²) in [5.41, 5.74) is 2.01. The molecule has 7 nitrogen and oxygen atoms in total. The zero-order chi connectivity index (χ0) is 18.4. The van der Waals surface area contributed by atoms with Crippen LogP contribution in [0.3, 0.4) is 0 Å². The smallest absolute Gasteiger partial charge is 0.230 e. The van der Waals surface area contributed by atoms with Gasteiger partial charge in [0.25, 0.3) is 0 Å². The maximum atomic E-state index is 12.2. The number of carbonyl (C=O) groups excluding carboxylic acids is 1. The SMILES string of the molecule is CCC(NC(=O)CSCc1noc(C)n1)c1ncc(-c2ccccc2)[nH]1. The summed E-state index contributed by atoms with van der Waals surface area (Å²) in [4.78, 5) is 24.1. The summed E-state index contributed by atoms with van der Waals surface area (Å²) in [6, 6.07) is 9.84. The molecule has 136 valence electrons. The van der Waals surface area contributed by atoms with Crippen LogP contribution in [0.25, 0.3) is 11.3 Å². The molecule has 0 saturated heterocycles. The number of rotatable bonds is 8. The van der Waals surface area contributed by atoms with Gasteiger partial charge in [0.15, 0.2) is 5.82 Å². The van der Waals surface area contributed by atoms with Gasteiger partial charge in [0.2, 0.25) is 11.8 Å². The molecule has 0 bridgehead atoms. The van der Waals surface area contributed by atoms with Crippen LogP contribution in [0.1, 0.15) is 36.9 Å². The van der Waals surface area contributed by atoms with E-state index in [0.29, 0.717) is 23.2 Å². The van der Waals surface area contributed by atoms with Gasteiger partial charge in [-0.2, -0.15) is 4.98 Å². The van der Waals surface area contributed by atoms with Gasteiger partial charge in [0.05, 0.1) is 29.4 Å². The van der Waals surface area contributed by atoms with Crippen molar-refractivity contribution in [1.82, 2.24) is 25.4 Å². The number of aromatic nitrogens is 4. The van der Waals surface area contributed by atoms with Gasteiger partial charge in [-0.3, -0.25) is 4.79 Å². The molecule has 3 aromatic rings. The van der Waals surface area contributed by atoms with E-state index in [2.05, 4.69) is 25.4 Å². The van der Waals surface area contributed by atoms with Crippen LogP contribution in [-0.4, -0.2) is 31.8 Å². The standard InChI is InChI=1S/C18H21N5O2S/c1-3-14(18-19-9-15(22-18)13-7-5-4-6-8-13)21-17(24)11-26-10-16-20-12(2)25-23-16/h4-9,14H,3,10-11H2,1-2H3,(H,19,22)(H,21,24). The first-order valence-corrected chi connectivity index (χ1v) is 9.57. The molecule has 0 aliphatic carbocycles. The number of nitrogens with zero attached hydrogens (tertiary/aromatic N) is 3. The molecule has 2 aromatic heterocycles. The van der Waals surface area contributed by atoms with Crippen LogP contribution in [0.5, 0.6) is 0 Å². The first-order chi connectivity index (χ1) is 12.7. The largest absolute Gasteiger partial charge is 0.345 e. The second kappa shape index (κ2) is 8.66. The van der Waals surface area contributed by atoms with Gasteiger partial charge in [-0.25, -0.2) is 4.98 Å². The molecule has 1 atom stereocenters. The Morgan fingerprint density at radius 2 is 2.15 bits per heavy atom. The second-order valence-electron chi connectivity index (χ2n) is 5.80. The lowest BCUT2D eigenvalue weighted by Gasteiger charge is -2.14. The number of nitrogens with one attached hydrogen (secondary N) is 2. The number of aryl methyl sites for hydroxylation is 1. The van der Waals surface area contributed by atoms with Gasteiger partial charge in [-0.1, -0.05) is 42.4 Å². The van der Waals surface area contributed by atoms with Crippen LogP contribution >= 0.6 is 11.8 Å². The number of benzene rings is 1. The topological polar surface area (TPSA) is 96.7 Å². The molecule has 1 amide bonds. The van der Waals surface area contributed by atoms with Crippen LogP contribution in [0, 0.1) is 6.92 Å². The Morgan fingerprint density at radius 3 is 2.85 bits per heavy atom. The third-order valence-electron chi connectivity index (χ3n) is 3.79. The maximum Gasteiger partial charge on any atom is 0.230 e. The summed E-state index contributed by atoms with van der Waals surface area (Å²) in [7, 11) is 0. The van der Waals surface area contributed by atoms with Gasteiger partial charge in [-0.15, -0.1) is 11.8 Å². The summed E-state index contributed by atoms with van der Waals surface area (Å²) in [5.74, 6) is 2.73. The highest BCUT2D eigenvalue weighted by molar-refractivity contribution is 7.99. The Labute approximate surface area is 156 Å². The van der Waals surface area contributed by atoms with Crippen LogP contribution < -0.4 is 5.32 Å². The minimum absolute atomic E-state index is 0.0419. The number of thioether (sulfide) groups is 1. The fourth-order valence-corrected chi connectivity index (χ4v) is 3.18. The molecule has 8 heteroatoms. The lowest BCUT2D eigenvalue weighted by Crippen LogP contribution is -2.30. The molecule has 2 heterocycles. The number of aromatic amines is 1. The zero-order valence-electron chi connectivity index (χ0n) is 14.7. The normalized spacial score (nSPS) is 12.1. The van der Waals surface area contributed by atoms with E-state index in [1.54, 1.807) is 13.1 Å². The Balaban J connectivity index is 1.53. The van der Waals surface area contributed by atoms with Crippen molar-refractivity contribution in [3.8, 4) is 11.3 Å². The van der Waals surface area contributed by atoms with Crippen LogP contribution in [0.4, 0.5) is 0 Å². The molecule has 2 N–H and O–H groups in total. The highest BCUT2D eigenvalue weighted by atomic mass is 32.2. The lowest BCUT2D eigenvalue weighted by molar-refractivity contribution is -0.119. The number of hydrogen-bond donors (Lipinski definition) is 2. The summed E-state index contributed by atoms with van der Waals surface area (Å²) in [6.45, 7) is 3.76.